The van der Waals surface area contributed by atoms with Crippen molar-refractivity contribution in [3.63, 3.8) is 0 Å². The summed E-state index contributed by atoms with van der Waals surface area (Å²) in [7, 11) is 0. The van der Waals surface area contributed by atoms with Crippen LogP contribution in [0.25, 0.3) is 10.6 Å². The second-order valence-corrected chi connectivity index (χ2v) is 10.3. The summed E-state index contributed by atoms with van der Waals surface area (Å²) in [6.07, 6.45) is 3.76. The molecule has 1 aliphatic rings. The molecule has 3 aromatic heterocycles. The lowest BCUT2D eigenvalue weighted by atomic mass is 10.0. The first-order chi connectivity index (χ1) is 15.4. The largest absolute Gasteiger partial charge is 0.355 e. The zero-order chi connectivity index (χ0) is 22.7. The van der Waals surface area contributed by atoms with Gasteiger partial charge in [0.25, 0.3) is 5.91 Å². The van der Waals surface area contributed by atoms with E-state index in [0.717, 1.165) is 55.0 Å². The predicted molar refractivity (Wildman–Crippen MR) is 127 cm³/mol. The molecular formula is C23H30ClN5O2S. The molecule has 1 fully saturated rings. The molecule has 1 amide bonds. The Morgan fingerprint density at radius 3 is 2.75 bits per heavy atom. The number of carbonyl (C=O) groups is 1. The number of nitrogens with zero attached hydrogens (tertiary/aromatic N) is 4. The molecule has 1 saturated heterocycles. The molecule has 0 saturated carbocycles. The van der Waals surface area contributed by atoms with Crippen molar-refractivity contribution >= 4 is 28.8 Å². The molecule has 172 valence electrons. The van der Waals surface area contributed by atoms with Crippen molar-refractivity contribution < 1.29 is 9.32 Å². The number of thiophene rings is 1. The molecule has 1 N–H and O–H groups in total. The number of likely N-dealkylation sites (tertiary alicyclic amines) is 1. The van der Waals surface area contributed by atoms with Gasteiger partial charge >= 0.3 is 0 Å². The molecule has 0 aliphatic carbocycles. The van der Waals surface area contributed by atoms with Gasteiger partial charge in [0.2, 0.25) is 0 Å². The Morgan fingerprint density at radius 2 is 2.09 bits per heavy atom. The average Bonchev–Trinajstić information content (AvgIpc) is 3.50. The van der Waals surface area contributed by atoms with Crippen molar-refractivity contribution in [1.29, 1.82) is 0 Å². The van der Waals surface area contributed by atoms with Crippen molar-refractivity contribution in [2.45, 2.75) is 65.1 Å². The highest BCUT2D eigenvalue weighted by Gasteiger charge is 2.24. The standard InChI is InChI=1S/C23H30ClN5O2S/c1-4-5-18-13-19(23(30)25-16-8-10-28(11-9-16)15(2)3)26-29(18)14-17-12-20(31-27-17)21-6-7-22(24)32-21/h6-7,12-13,15-16H,4-5,8-11,14H2,1-3H3,(H,25,30). The van der Waals surface area contributed by atoms with E-state index in [1.807, 2.05) is 28.9 Å². The second kappa shape index (κ2) is 10.2. The molecule has 0 aromatic carbocycles. The molecule has 4 heterocycles. The van der Waals surface area contributed by atoms with Gasteiger partial charge in [-0.25, -0.2) is 0 Å². The van der Waals surface area contributed by atoms with Gasteiger partial charge in [-0.2, -0.15) is 5.10 Å². The van der Waals surface area contributed by atoms with Crippen molar-refractivity contribution in [1.82, 2.24) is 25.2 Å². The van der Waals surface area contributed by atoms with E-state index in [9.17, 15) is 4.79 Å². The fraction of sp³-hybridized carbons (Fsp3) is 0.522. The number of rotatable bonds is 8. The highest BCUT2D eigenvalue weighted by Crippen LogP contribution is 2.31. The third kappa shape index (κ3) is 5.42. The minimum Gasteiger partial charge on any atom is -0.355 e. The molecule has 0 unspecified atom stereocenters. The molecule has 7 nitrogen and oxygen atoms in total. The Hall–Kier alpha value is -2.16. The molecular weight excluding hydrogens is 446 g/mol. The Balaban J connectivity index is 1.43. The van der Waals surface area contributed by atoms with Crippen molar-refractivity contribution in [2.75, 3.05) is 13.1 Å². The number of aromatic nitrogens is 3. The summed E-state index contributed by atoms with van der Waals surface area (Å²) in [6, 6.07) is 8.32. The minimum absolute atomic E-state index is 0.0989. The number of hydrogen-bond donors (Lipinski definition) is 1. The minimum atomic E-state index is -0.0989. The van der Waals surface area contributed by atoms with Gasteiger partial charge in [0.15, 0.2) is 5.76 Å². The quantitative estimate of drug-likeness (QED) is 0.503. The summed E-state index contributed by atoms with van der Waals surface area (Å²) >= 11 is 7.48. The SMILES string of the molecule is CCCc1cc(C(=O)NC2CCN(C(C)C)CC2)nn1Cc1cc(-c2ccc(Cl)s2)on1. The molecule has 32 heavy (non-hydrogen) atoms. The normalized spacial score (nSPS) is 15.5. The van der Waals surface area contributed by atoms with Crippen molar-refractivity contribution in [2.24, 2.45) is 0 Å². The maximum Gasteiger partial charge on any atom is 0.272 e. The zero-order valence-electron chi connectivity index (χ0n) is 18.8. The van der Waals surface area contributed by atoms with Crippen molar-refractivity contribution in [3.8, 4) is 10.6 Å². The Bertz CT molecular complexity index is 1050. The lowest BCUT2D eigenvalue weighted by Crippen LogP contribution is -2.46. The number of halogens is 1. The average molecular weight is 476 g/mol. The zero-order valence-corrected chi connectivity index (χ0v) is 20.4. The molecule has 0 radical (unpaired) electrons. The predicted octanol–water partition coefficient (Wildman–Crippen LogP) is 4.86. The fourth-order valence-electron chi connectivity index (χ4n) is 4.08. The van der Waals surface area contributed by atoms with E-state index in [2.05, 4.69) is 41.2 Å². The first-order valence-electron chi connectivity index (χ1n) is 11.3. The van der Waals surface area contributed by atoms with Crippen molar-refractivity contribution in [3.05, 3.63) is 45.7 Å². The third-order valence-corrected chi connectivity index (χ3v) is 7.13. The maximum atomic E-state index is 12.9. The molecule has 9 heteroatoms. The van der Waals surface area contributed by atoms with Gasteiger partial charge in [0.1, 0.15) is 11.4 Å². The van der Waals surface area contributed by atoms with Crippen LogP contribution in [0.4, 0.5) is 0 Å². The molecule has 3 aromatic rings. The lowest BCUT2D eigenvalue weighted by molar-refractivity contribution is 0.0895. The van der Waals surface area contributed by atoms with Gasteiger partial charge in [-0.1, -0.05) is 30.1 Å². The number of carbonyl (C=O) groups excluding carboxylic acids is 1. The van der Waals surface area contributed by atoms with Crippen LogP contribution in [0.2, 0.25) is 4.34 Å². The summed E-state index contributed by atoms with van der Waals surface area (Å²) in [5, 5.41) is 12.0. The molecule has 0 spiro atoms. The maximum absolute atomic E-state index is 12.9. The topological polar surface area (TPSA) is 76.2 Å². The number of aryl methyl sites for hydroxylation is 1. The van der Waals surface area contributed by atoms with Gasteiger partial charge in [-0.15, -0.1) is 11.3 Å². The van der Waals surface area contributed by atoms with E-state index in [4.69, 9.17) is 16.1 Å². The summed E-state index contributed by atoms with van der Waals surface area (Å²) in [5.41, 5.74) is 2.25. The smallest absolute Gasteiger partial charge is 0.272 e. The molecule has 0 bridgehead atoms. The van der Waals surface area contributed by atoms with E-state index < -0.39 is 0 Å². The number of amides is 1. The third-order valence-electron chi connectivity index (χ3n) is 5.88. The Morgan fingerprint density at radius 1 is 1.31 bits per heavy atom. The number of hydrogen-bond acceptors (Lipinski definition) is 6. The lowest BCUT2D eigenvalue weighted by Gasteiger charge is -2.34. The molecule has 4 rings (SSSR count). The van der Waals surface area contributed by atoms with Crippen LogP contribution in [0, 0.1) is 0 Å². The summed E-state index contributed by atoms with van der Waals surface area (Å²) in [4.78, 5) is 16.3. The van der Waals surface area contributed by atoms with Gasteiger partial charge < -0.3 is 14.7 Å². The van der Waals surface area contributed by atoms with Crippen LogP contribution in [0.3, 0.4) is 0 Å². The van der Waals surface area contributed by atoms with Crippen LogP contribution < -0.4 is 5.32 Å². The van der Waals surface area contributed by atoms with E-state index in [1.165, 1.54) is 11.3 Å². The summed E-state index contributed by atoms with van der Waals surface area (Å²) < 4.78 is 8.07. The van der Waals surface area contributed by atoms with Crippen LogP contribution >= 0.6 is 22.9 Å². The van der Waals surface area contributed by atoms with Crippen LogP contribution in [0.1, 0.15) is 61.9 Å². The highest BCUT2D eigenvalue weighted by atomic mass is 35.5. The van der Waals surface area contributed by atoms with E-state index in [-0.39, 0.29) is 11.9 Å². The van der Waals surface area contributed by atoms with Gasteiger partial charge in [0, 0.05) is 36.9 Å². The first kappa shape index (κ1) is 23.0. The second-order valence-electron chi connectivity index (χ2n) is 8.59. The van der Waals surface area contributed by atoms with Crippen LogP contribution in [-0.4, -0.2) is 50.9 Å². The fourth-order valence-corrected chi connectivity index (χ4v) is 5.07. The van der Waals surface area contributed by atoms with Crippen LogP contribution in [0.5, 0.6) is 0 Å². The monoisotopic (exact) mass is 475 g/mol. The van der Waals surface area contributed by atoms with Crippen LogP contribution in [0.15, 0.2) is 28.8 Å². The Kier molecular flexibility index (Phi) is 7.33. The summed E-state index contributed by atoms with van der Waals surface area (Å²) in [5.74, 6) is 0.588. The van der Waals surface area contributed by atoms with E-state index in [0.29, 0.717) is 28.4 Å². The van der Waals surface area contributed by atoms with E-state index in [1.54, 1.807) is 0 Å². The number of piperidine rings is 1. The highest BCUT2D eigenvalue weighted by molar-refractivity contribution is 7.19. The van der Waals surface area contributed by atoms with Crippen LogP contribution in [-0.2, 0) is 13.0 Å². The summed E-state index contributed by atoms with van der Waals surface area (Å²) in [6.45, 7) is 9.04. The Labute approximate surface area is 197 Å². The molecule has 1 aliphatic heterocycles. The van der Waals surface area contributed by atoms with E-state index >= 15 is 0 Å². The van der Waals surface area contributed by atoms with Gasteiger partial charge in [0.05, 0.1) is 15.8 Å². The molecule has 0 atom stereocenters. The van der Waals surface area contributed by atoms with Gasteiger partial charge in [-0.05, 0) is 51.3 Å². The first-order valence-corrected chi connectivity index (χ1v) is 12.4. The van der Waals surface area contributed by atoms with Gasteiger partial charge in [-0.3, -0.25) is 9.48 Å². The number of nitrogens with one attached hydrogen (secondary N) is 1.